The SMILES string of the molecule is CC/C=C\C/C=C\C/C=C\C/C=C\C/C=C\CCCCOCC(COP(=O)(O)OC1C(O)C(O)C(O)C(O)C1O)OC(=O)CCCCCCCCC/C=C\CCCCCCCCC. The van der Waals surface area contributed by atoms with Crippen molar-refractivity contribution in [2.24, 2.45) is 0 Å². The second-order valence-corrected chi connectivity index (χ2v) is 18.0. The maximum Gasteiger partial charge on any atom is 0.472 e. The van der Waals surface area contributed by atoms with E-state index in [2.05, 4.69) is 86.8 Å². The van der Waals surface area contributed by atoms with E-state index in [0.717, 1.165) is 83.5 Å². The van der Waals surface area contributed by atoms with Gasteiger partial charge in [0.1, 0.15) is 42.7 Å². The lowest BCUT2D eigenvalue weighted by Crippen LogP contribution is -2.64. The van der Waals surface area contributed by atoms with Gasteiger partial charge in [-0.25, -0.2) is 4.57 Å². The number of rotatable bonds is 40. The number of unbranched alkanes of at least 4 members (excludes halogenated alkanes) is 16. The van der Waals surface area contributed by atoms with Gasteiger partial charge in [0, 0.05) is 13.0 Å². The molecule has 364 valence electrons. The highest BCUT2D eigenvalue weighted by Gasteiger charge is 2.51. The molecule has 1 fully saturated rings. The average molecular weight is 911 g/mol. The molecule has 13 heteroatoms. The van der Waals surface area contributed by atoms with Crippen molar-refractivity contribution in [1.29, 1.82) is 0 Å². The van der Waals surface area contributed by atoms with Crippen molar-refractivity contribution in [3.8, 4) is 0 Å². The summed E-state index contributed by atoms with van der Waals surface area (Å²) >= 11 is 0. The van der Waals surface area contributed by atoms with Crippen molar-refractivity contribution in [1.82, 2.24) is 0 Å². The molecule has 6 unspecified atom stereocenters. The molecule has 1 aliphatic carbocycles. The van der Waals surface area contributed by atoms with Crippen LogP contribution in [0.4, 0.5) is 0 Å². The Hall–Kier alpha value is -2.22. The first kappa shape index (κ1) is 58.8. The van der Waals surface area contributed by atoms with Gasteiger partial charge in [0.2, 0.25) is 0 Å². The van der Waals surface area contributed by atoms with Gasteiger partial charge in [-0.2, -0.15) is 0 Å². The maximum absolute atomic E-state index is 12.8. The zero-order valence-corrected chi connectivity index (χ0v) is 39.7. The summed E-state index contributed by atoms with van der Waals surface area (Å²) in [6.45, 7) is 4.03. The third kappa shape index (κ3) is 32.2. The molecule has 0 bridgehead atoms. The molecule has 1 aliphatic rings. The Labute approximate surface area is 380 Å². The van der Waals surface area contributed by atoms with Crippen molar-refractivity contribution in [2.75, 3.05) is 19.8 Å². The molecule has 0 saturated heterocycles. The van der Waals surface area contributed by atoms with Gasteiger partial charge in [-0.15, -0.1) is 0 Å². The van der Waals surface area contributed by atoms with E-state index in [1.54, 1.807) is 0 Å². The number of phosphoric ester groups is 1. The van der Waals surface area contributed by atoms with Gasteiger partial charge in [0.25, 0.3) is 0 Å². The second kappa shape index (κ2) is 40.1. The monoisotopic (exact) mass is 911 g/mol. The van der Waals surface area contributed by atoms with E-state index in [4.69, 9.17) is 18.5 Å². The third-order valence-corrected chi connectivity index (χ3v) is 11.8. The molecule has 6 N–H and O–H groups in total. The molecular formula is C50H87O12P. The Morgan fingerprint density at radius 1 is 0.524 bits per heavy atom. The van der Waals surface area contributed by atoms with Crippen LogP contribution in [0.5, 0.6) is 0 Å². The first-order chi connectivity index (χ1) is 30.5. The number of hydrogen-bond acceptors (Lipinski definition) is 11. The zero-order valence-electron chi connectivity index (χ0n) is 38.8. The molecule has 0 aromatic carbocycles. The molecule has 0 aliphatic heterocycles. The normalized spacial score (nSPS) is 22.5. The quantitative estimate of drug-likeness (QED) is 0.0148. The Morgan fingerprint density at radius 3 is 1.44 bits per heavy atom. The fourth-order valence-electron chi connectivity index (χ4n) is 6.96. The summed E-state index contributed by atoms with van der Waals surface area (Å²) in [7, 11) is -5.04. The minimum atomic E-state index is -5.04. The van der Waals surface area contributed by atoms with E-state index in [1.807, 2.05) is 0 Å². The molecule has 1 rings (SSSR count). The van der Waals surface area contributed by atoms with Gasteiger partial charge < -0.3 is 39.9 Å². The van der Waals surface area contributed by atoms with Crippen LogP contribution in [-0.4, -0.2) is 98.9 Å². The van der Waals surface area contributed by atoms with Gasteiger partial charge in [-0.1, -0.05) is 157 Å². The molecule has 0 radical (unpaired) electrons. The van der Waals surface area contributed by atoms with Crippen LogP contribution in [0.25, 0.3) is 0 Å². The van der Waals surface area contributed by atoms with Crippen LogP contribution in [0.2, 0.25) is 0 Å². The number of allylic oxidation sites excluding steroid dienone is 12. The van der Waals surface area contributed by atoms with Crippen molar-refractivity contribution < 1.29 is 58.3 Å². The number of aliphatic hydroxyl groups excluding tert-OH is 5. The number of carbonyl (C=O) groups excluding carboxylic acids is 1. The van der Waals surface area contributed by atoms with E-state index in [9.17, 15) is 39.8 Å². The fraction of sp³-hybridized carbons (Fsp3) is 0.740. The molecular weight excluding hydrogens is 824 g/mol. The number of aliphatic hydroxyl groups is 5. The van der Waals surface area contributed by atoms with Crippen molar-refractivity contribution in [3.05, 3.63) is 72.9 Å². The van der Waals surface area contributed by atoms with Crippen molar-refractivity contribution in [3.63, 3.8) is 0 Å². The number of carbonyl (C=O) groups is 1. The summed E-state index contributed by atoms with van der Waals surface area (Å²) < 4.78 is 34.2. The molecule has 0 aromatic heterocycles. The summed E-state index contributed by atoms with van der Waals surface area (Å²) in [6.07, 6.45) is 39.7. The minimum Gasteiger partial charge on any atom is -0.457 e. The predicted octanol–water partition coefficient (Wildman–Crippen LogP) is 10.4. The predicted molar refractivity (Wildman–Crippen MR) is 253 cm³/mol. The highest BCUT2D eigenvalue weighted by molar-refractivity contribution is 7.47. The number of esters is 1. The standard InChI is InChI=1S/C50H87O12P/c1-3-5-7-9-11-13-15-17-19-21-23-25-27-29-31-33-35-37-39-44(51)61-43(42-60-63(57,58)62-50-48(55)46(53)45(52)47(54)49(50)56)41-59-40-38-36-34-32-30-28-26-24-22-20-18-16-14-12-10-8-6-4-2/h6,8,12,14,18-21,24,26,30,32,43,45-50,52-56H,3-5,7,9-11,13,15-17,22-23,25,27-29,31,33-42H2,1-2H3,(H,57,58)/b8-6-,14-12-,20-18-,21-19-,26-24-,32-30-. The van der Waals surface area contributed by atoms with E-state index >= 15 is 0 Å². The zero-order chi connectivity index (χ0) is 46.2. The molecule has 0 heterocycles. The van der Waals surface area contributed by atoms with Crippen LogP contribution in [0, 0.1) is 0 Å². The lowest BCUT2D eigenvalue weighted by Gasteiger charge is -2.41. The largest absolute Gasteiger partial charge is 0.472 e. The average Bonchev–Trinajstić information content (AvgIpc) is 3.27. The first-order valence-electron chi connectivity index (χ1n) is 24.3. The minimum absolute atomic E-state index is 0.111. The van der Waals surface area contributed by atoms with Crippen molar-refractivity contribution >= 4 is 13.8 Å². The van der Waals surface area contributed by atoms with Crippen molar-refractivity contribution in [2.45, 2.75) is 217 Å². The molecule has 6 atom stereocenters. The number of phosphoric acid groups is 1. The molecule has 0 spiro atoms. The van der Waals surface area contributed by atoms with Crippen LogP contribution in [-0.2, 0) is 27.9 Å². The summed E-state index contributed by atoms with van der Waals surface area (Å²) in [5, 5.41) is 50.2. The van der Waals surface area contributed by atoms with Crippen LogP contribution < -0.4 is 0 Å². The van der Waals surface area contributed by atoms with Crippen LogP contribution >= 0.6 is 7.82 Å². The molecule has 0 amide bonds. The van der Waals surface area contributed by atoms with E-state index in [-0.39, 0.29) is 13.0 Å². The fourth-order valence-corrected chi connectivity index (χ4v) is 7.94. The van der Waals surface area contributed by atoms with Gasteiger partial charge in [0.15, 0.2) is 0 Å². The second-order valence-electron chi connectivity index (χ2n) is 16.6. The molecule has 1 saturated carbocycles. The van der Waals surface area contributed by atoms with Gasteiger partial charge >= 0.3 is 13.8 Å². The highest BCUT2D eigenvalue weighted by atomic mass is 31.2. The highest BCUT2D eigenvalue weighted by Crippen LogP contribution is 2.47. The topological polar surface area (TPSA) is 192 Å². The Balaban J connectivity index is 2.42. The van der Waals surface area contributed by atoms with Gasteiger partial charge in [-0.05, 0) is 83.5 Å². The summed E-state index contributed by atoms with van der Waals surface area (Å²) in [5.74, 6) is -0.499. The summed E-state index contributed by atoms with van der Waals surface area (Å²) in [4.78, 5) is 23.2. The smallest absolute Gasteiger partial charge is 0.457 e. The van der Waals surface area contributed by atoms with E-state index < -0.39 is 63.1 Å². The van der Waals surface area contributed by atoms with Crippen LogP contribution in [0.1, 0.15) is 174 Å². The molecule has 63 heavy (non-hydrogen) atoms. The number of ether oxygens (including phenoxy) is 2. The Kier molecular flexibility index (Phi) is 37.4. The van der Waals surface area contributed by atoms with Crippen LogP contribution in [0.3, 0.4) is 0 Å². The summed E-state index contributed by atoms with van der Waals surface area (Å²) in [5.41, 5.74) is 0. The third-order valence-electron chi connectivity index (χ3n) is 10.8. The van der Waals surface area contributed by atoms with Gasteiger partial charge in [-0.3, -0.25) is 13.8 Å². The Morgan fingerprint density at radius 2 is 0.937 bits per heavy atom. The first-order valence-corrected chi connectivity index (χ1v) is 25.8. The van der Waals surface area contributed by atoms with E-state index in [0.29, 0.717) is 13.0 Å². The van der Waals surface area contributed by atoms with Crippen LogP contribution in [0.15, 0.2) is 72.9 Å². The maximum atomic E-state index is 12.8. The van der Waals surface area contributed by atoms with E-state index in [1.165, 1.54) is 64.2 Å². The number of hydrogen-bond donors (Lipinski definition) is 6. The molecule has 0 aromatic rings. The lowest BCUT2D eigenvalue weighted by molar-refractivity contribution is -0.220. The lowest BCUT2D eigenvalue weighted by atomic mass is 9.85. The summed E-state index contributed by atoms with van der Waals surface area (Å²) in [6, 6.07) is 0. The van der Waals surface area contributed by atoms with Gasteiger partial charge in [0.05, 0.1) is 13.2 Å². The Bertz CT molecular complexity index is 1310. The molecule has 12 nitrogen and oxygen atoms in total.